The van der Waals surface area contributed by atoms with Crippen molar-refractivity contribution in [3.05, 3.63) is 85.7 Å². The van der Waals surface area contributed by atoms with E-state index in [4.69, 9.17) is 23.2 Å². The van der Waals surface area contributed by atoms with E-state index in [0.717, 1.165) is 4.57 Å². The number of aryl methyl sites for hydroxylation is 1. The van der Waals surface area contributed by atoms with Crippen molar-refractivity contribution in [1.82, 2.24) is 19.4 Å². The summed E-state index contributed by atoms with van der Waals surface area (Å²) in [7, 11) is 0. The van der Waals surface area contributed by atoms with Crippen LogP contribution in [-0.2, 0) is 4.79 Å². The number of nitrogens with zero attached hydrogens (tertiary/aromatic N) is 6. The van der Waals surface area contributed by atoms with E-state index in [1.54, 1.807) is 35.9 Å². The molecule has 14 heteroatoms. The topological polar surface area (TPSA) is 115 Å². The predicted molar refractivity (Wildman–Crippen MR) is 169 cm³/mol. The largest absolute Gasteiger partial charge is 0.503 e. The lowest BCUT2D eigenvalue weighted by Gasteiger charge is -2.41. The standard InChI is InChI=1S/C32H27Cl2F3N6O3/c1-6-20(44)42-10-9-41(13-16(42)5)29-17-11-19(33)27(21-23(35)22(34)25(37)30(45)24(21)36)40-31(17)43(32(46)18(29)12-38)28-15(4)7-8-39-26(28)14(2)3/h6-8,11,14,16,45H,1,9-10,13H2,2-5H3/t16-/m1/s1. The van der Waals surface area contributed by atoms with Crippen LogP contribution in [0.1, 0.15) is 43.5 Å². The zero-order valence-electron chi connectivity index (χ0n) is 25.1. The number of phenols is 1. The van der Waals surface area contributed by atoms with E-state index in [1.165, 1.54) is 12.1 Å². The molecule has 9 nitrogen and oxygen atoms in total. The van der Waals surface area contributed by atoms with Gasteiger partial charge in [-0.15, -0.1) is 0 Å². The lowest BCUT2D eigenvalue weighted by molar-refractivity contribution is -0.128. The number of carbonyl (C=O) groups excluding carboxylic acids is 1. The molecule has 3 aromatic heterocycles. The van der Waals surface area contributed by atoms with Crippen molar-refractivity contribution in [3.63, 3.8) is 0 Å². The van der Waals surface area contributed by atoms with E-state index in [-0.39, 0.29) is 64.8 Å². The van der Waals surface area contributed by atoms with Gasteiger partial charge in [-0.25, -0.2) is 18.2 Å². The van der Waals surface area contributed by atoms with Crippen LogP contribution < -0.4 is 10.5 Å². The number of aromatic nitrogens is 3. The van der Waals surface area contributed by atoms with E-state index in [0.29, 0.717) is 16.9 Å². The molecule has 0 saturated carbocycles. The molecule has 4 aromatic rings. The van der Waals surface area contributed by atoms with Crippen LogP contribution in [0.4, 0.5) is 18.9 Å². The number of fused-ring (bicyclic) bond motifs is 1. The number of halogens is 5. The number of anilines is 1. The Balaban J connectivity index is 1.94. The van der Waals surface area contributed by atoms with Crippen LogP contribution in [0.25, 0.3) is 28.0 Å². The maximum absolute atomic E-state index is 15.4. The first-order valence-corrected chi connectivity index (χ1v) is 14.9. The molecule has 1 saturated heterocycles. The number of pyridine rings is 3. The second-order valence-corrected chi connectivity index (χ2v) is 12.0. The summed E-state index contributed by atoms with van der Waals surface area (Å²) in [5.74, 6) is -7.00. The number of piperazine rings is 1. The number of aromatic hydroxyl groups is 1. The van der Waals surface area contributed by atoms with Gasteiger partial charge in [-0.05, 0) is 43.5 Å². The quantitative estimate of drug-likeness (QED) is 0.148. The molecule has 46 heavy (non-hydrogen) atoms. The van der Waals surface area contributed by atoms with Crippen LogP contribution in [0.5, 0.6) is 5.75 Å². The predicted octanol–water partition coefficient (Wildman–Crippen LogP) is 6.40. The lowest BCUT2D eigenvalue weighted by atomic mass is 10.0. The lowest BCUT2D eigenvalue weighted by Crippen LogP contribution is -2.54. The number of rotatable bonds is 5. The zero-order valence-corrected chi connectivity index (χ0v) is 26.6. The fourth-order valence-electron chi connectivity index (χ4n) is 5.80. The van der Waals surface area contributed by atoms with Gasteiger partial charge in [0.15, 0.2) is 23.2 Å². The summed E-state index contributed by atoms with van der Waals surface area (Å²) in [6.45, 7) is 11.4. The highest BCUT2D eigenvalue weighted by atomic mass is 35.5. The number of nitriles is 1. The van der Waals surface area contributed by atoms with Crippen LogP contribution in [0.3, 0.4) is 0 Å². The summed E-state index contributed by atoms with van der Waals surface area (Å²) in [6.07, 6.45) is 2.77. The van der Waals surface area contributed by atoms with Crippen LogP contribution in [0.15, 0.2) is 35.8 Å². The first kappa shape index (κ1) is 32.8. The third-order valence-electron chi connectivity index (χ3n) is 7.99. The highest BCUT2D eigenvalue weighted by molar-refractivity contribution is 6.34. The van der Waals surface area contributed by atoms with Gasteiger partial charge in [0.05, 0.1) is 33.3 Å². The first-order chi connectivity index (χ1) is 21.7. The third kappa shape index (κ3) is 5.13. The number of carbonyl (C=O) groups is 1. The fraction of sp³-hybridized carbons (Fsp3) is 0.281. The second-order valence-electron chi connectivity index (χ2n) is 11.2. The minimum absolute atomic E-state index is 0.146. The average molecular weight is 672 g/mol. The van der Waals surface area contributed by atoms with Crippen molar-refractivity contribution in [3.8, 4) is 28.8 Å². The van der Waals surface area contributed by atoms with Crippen LogP contribution in [0.2, 0.25) is 10.0 Å². The molecule has 238 valence electrons. The van der Waals surface area contributed by atoms with Crippen molar-refractivity contribution >= 4 is 45.8 Å². The Bertz CT molecular complexity index is 2030. The summed E-state index contributed by atoms with van der Waals surface area (Å²) in [4.78, 5) is 39.1. The molecule has 5 rings (SSSR count). The highest BCUT2D eigenvalue weighted by Crippen LogP contribution is 2.43. The van der Waals surface area contributed by atoms with Gasteiger partial charge < -0.3 is 14.9 Å². The molecule has 0 spiro atoms. The van der Waals surface area contributed by atoms with Crippen molar-refractivity contribution in [2.24, 2.45) is 0 Å². The van der Waals surface area contributed by atoms with Gasteiger partial charge in [0.25, 0.3) is 5.56 Å². The Labute approximate surface area is 271 Å². The molecule has 0 unspecified atom stereocenters. The van der Waals surface area contributed by atoms with Gasteiger partial charge in [-0.1, -0.05) is 43.6 Å². The number of phenolic OH excluding ortho intramolecular Hbond substituents is 1. The first-order valence-electron chi connectivity index (χ1n) is 14.1. The van der Waals surface area contributed by atoms with Crippen LogP contribution >= 0.6 is 23.2 Å². The molecule has 1 atom stereocenters. The molecule has 1 aliphatic heterocycles. The maximum atomic E-state index is 15.4. The smallest absolute Gasteiger partial charge is 0.276 e. The minimum atomic E-state index is -1.70. The van der Waals surface area contributed by atoms with Gasteiger partial charge in [-0.3, -0.25) is 19.1 Å². The van der Waals surface area contributed by atoms with Crippen LogP contribution in [0, 0.1) is 35.7 Å². The number of benzene rings is 1. The van der Waals surface area contributed by atoms with Gasteiger partial charge in [0.2, 0.25) is 5.91 Å². The normalized spacial score (nSPS) is 15.0. The van der Waals surface area contributed by atoms with Gasteiger partial charge in [0.1, 0.15) is 22.3 Å². The molecule has 0 radical (unpaired) electrons. The van der Waals surface area contributed by atoms with Crippen molar-refractivity contribution in [2.45, 2.75) is 39.7 Å². The fourth-order valence-corrected chi connectivity index (χ4v) is 6.23. The Morgan fingerprint density at radius 2 is 1.89 bits per heavy atom. The van der Waals surface area contributed by atoms with Gasteiger partial charge >= 0.3 is 0 Å². The van der Waals surface area contributed by atoms with Crippen molar-refractivity contribution in [1.29, 1.82) is 5.26 Å². The second kappa shape index (κ2) is 12.3. The van der Waals surface area contributed by atoms with Crippen molar-refractivity contribution in [2.75, 3.05) is 24.5 Å². The molecule has 1 aliphatic rings. The van der Waals surface area contributed by atoms with Crippen molar-refractivity contribution < 1.29 is 23.1 Å². The van der Waals surface area contributed by atoms with E-state index in [1.807, 2.05) is 19.9 Å². The number of hydrogen-bond acceptors (Lipinski definition) is 7. The summed E-state index contributed by atoms with van der Waals surface area (Å²) >= 11 is 12.4. The Morgan fingerprint density at radius 3 is 2.50 bits per heavy atom. The molecule has 0 aliphatic carbocycles. The number of hydrogen-bond donors (Lipinski definition) is 1. The minimum Gasteiger partial charge on any atom is -0.503 e. The van der Waals surface area contributed by atoms with E-state index in [9.17, 15) is 24.3 Å². The summed E-state index contributed by atoms with van der Waals surface area (Å²) in [5, 5.41) is 19.1. The Kier molecular flexibility index (Phi) is 8.77. The zero-order chi connectivity index (χ0) is 33.8. The average Bonchev–Trinajstić information content (AvgIpc) is 3.02. The van der Waals surface area contributed by atoms with Gasteiger partial charge in [0, 0.05) is 37.3 Å². The molecule has 1 aromatic carbocycles. The Hall–Kier alpha value is -4.60. The SMILES string of the molecule is C=CC(=O)N1CCN(c2c(C#N)c(=O)n(-c3c(C)ccnc3C(C)C)c3nc(-c4c(F)c(O)c(F)c(Cl)c4F)c(Cl)cc23)C[C@H]1C. The Morgan fingerprint density at radius 1 is 1.20 bits per heavy atom. The number of amides is 1. The maximum Gasteiger partial charge on any atom is 0.276 e. The van der Waals surface area contributed by atoms with E-state index < -0.39 is 45.0 Å². The molecular formula is C32H27Cl2F3N6O3. The van der Waals surface area contributed by atoms with Gasteiger partial charge in [-0.2, -0.15) is 5.26 Å². The summed E-state index contributed by atoms with van der Waals surface area (Å²) in [5.41, 5.74) is -1.27. The molecule has 1 amide bonds. The highest BCUT2D eigenvalue weighted by Gasteiger charge is 2.33. The monoisotopic (exact) mass is 670 g/mol. The molecule has 4 heterocycles. The summed E-state index contributed by atoms with van der Waals surface area (Å²) < 4.78 is 46.1. The summed E-state index contributed by atoms with van der Waals surface area (Å²) in [6, 6.07) is 4.62. The van der Waals surface area contributed by atoms with Crippen LogP contribution in [-0.4, -0.2) is 56.1 Å². The molecule has 0 bridgehead atoms. The third-order valence-corrected chi connectivity index (χ3v) is 8.61. The molecule has 1 N–H and O–H groups in total. The van der Waals surface area contributed by atoms with E-state index >= 15 is 8.78 Å². The van der Waals surface area contributed by atoms with E-state index in [2.05, 4.69) is 16.5 Å². The molecule has 1 fully saturated rings. The molecular weight excluding hydrogens is 644 g/mol.